The summed E-state index contributed by atoms with van der Waals surface area (Å²) in [5, 5.41) is 0.928. The van der Waals surface area contributed by atoms with E-state index in [0.29, 0.717) is 41.8 Å². The maximum Gasteiger partial charge on any atom is 0.573 e. The number of rotatable bonds is 10. The molecule has 0 saturated carbocycles. The van der Waals surface area contributed by atoms with Crippen molar-refractivity contribution >= 4 is 38.9 Å². The molecule has 256 valence electrons. The van der Waals surface area contributed by atoms with Crippen molar-refractivity contribution in [1.29, 1.82) is 0 Å². The number of aromatic nitrogens is 2. The maximum absolute atomic E-state index is 13.1. The van der Waals surface area contributed by atoms with E-state index < -0.39 is 27.9 Å². The van der Waals surface area contributed by atoms with Crippen molar-refractivity contribution in [1.82, 2.24) is 13.9 Å². The first-order chi connectivity index (χ1) is 22.9. The molecule has 2 aliphatic rings. The van der Waals surface area contributed by atoms with E-state index in [2.05, 4.69) is 9.72 Å². The first-order valence-corrected chi connectivity index (χ1v) is 17.1. The molecule has 6 rings (SSSR count). The number of alkyl halides is 3. The summed E-state index contributed by atoms with van der Waals surface area (Å²) in [6.45, 7) is 2.32. The van der Waals surface area contributed by atoms with Gasteiger partial charge < -0.3 is 28.4 Å². The van der Waals surface area contributed by atoms with Crippen molar-refractivity contribution < 1.29 is 40.5 Å². The lowest BCUT2D eigenvalue weighted by molar-refractivity contribution is -0.313. The zero-order valence-electron chi connectivity index (χ0n) is 25.4. The third kappa shape index (κ3) is 8.08. The highest BCUT2D eigenvalue weighted by Gasteiger charge is 2.42. The van der Waals surface area contributed by atoms with Crippen LogP contribution in [0.5, 0.6) is 5.75 Å². The summed E-state index contributed by atoms with van der Waals surface area (Å²) < 4.78 is 89.8. The Hall–Kier alpha value is -3.37. The number of benzene rings is 3. The Bertz CT molecular complexity index is 1800. The van der Waals surface area contributed by atoms with E-state index in [4.69, 9.17) is 37.4 Å². The zero-order chi connectivity index (χ0) is 33.9. The number of anilines is 1. The van der Waals surface area contributed by atoms with Gasteiger partial charge >= 0.3 is 6.36 Å². The molecule has 2 aliphatic heterocycles. The van der Waals surface area contributed by atoms with Crippen LogP contribution in [-0.4, -0.2) is 74.1 Å². The van der Waals surface area contributed by atoms with Crippen LogP contribution >= 0.6 is 23.2 Å². The van der Waals surface area contributed by atoms with Crippen molar-refractivity contribution in [3.05, 3.63) is 107 Å². The predicted molar refractivity (Wildman–Crippen MR) is 171 cm³/mol. The molecular weight excluding hydrogens is 696 g/mol. The van der Waals surface area contributed by atoms with Crippen LogP contribution < -0.4 is 9.64 Å². The largest absolute Gasteiger partial charge is 0.573 e. The van der Waals surface area contributed by atoms with Crippen LogP contribution in [0.15, 0.2) is 90.3 Å². The van der Waals surface area contributed by atoms with Crippen LogP contribution in [0.4, 0.5) is 18.9 Å². The van der Waals surface area contributed by atoms with Gasteiger partial charge in [0.15, 0.2) is 0 Å². The number of halogens is 5. The lowest BCUT2D eigenvalue weighted by atomic mass is 10.0. The van der Waals surface area contributed by atoms with Crippen LogP contribution in [0.25, 0.3) is 0 Å². The van der Waals surface area contributed by atoms with Crippen LogP contribution in [-0.2, 0) is 43.2 Å². The van der Waals surface area contributed by atoms with Crippen molar-refractivity contribution in [3.8, 4) is 5.75 Å². The third-order valence-corrected chi connectivity index (χ3v) is 10.4. The minimum Gasteiger partial charge on any atom is -0.406 e. The summed E-state index contributed by atoms with van der Waals surface area (Å²) in [6.07, 6.45) is -0.0934. The second kappa shape index (κ2) is 14.2. The first-order valence-electron chi connectivity index (χ1n) is 14.9. The number of sulfonamides is 1. The van der Waals surface area contributed by atoms with E-state index in [1.807, 2.05) is 39.9 Å². The summed E-state index contributed by atoms with van der Waals surface area (Å²) >= 11 is 12.7. The van der Waals surface area contributed by atoms with Crippen molar-refractivity contribution in [2.45, 2.75) is 36.3 Å². The quantitative estimate of drug-likeness (QED) is 0.194. The molecule has 16 heteroatoms. The minimum absolute atomic E-state index is 0.169. The minimum atomic E-state index is -4.92. The number of hydrogen-bond acceptors (Lipinski definition) is 8. The molecule has 3 aromatic carbocycles. The number of ether oxygens (including phenoxy) is 4. The maximum atomic E-state index is 13.1. The molecule has 0 spiro atoms. The van der Waals surface area contributed by atoms with Gasteiger partial charge in [0.2, 0.25) is 15.8 Å². The second-order valence-electron chi connectivity index (χ2n) is 11.2. The lowest BCUT2D eigenvalue weighted by Crippen LogP contribution is -2.48. The fourth-order valence-electron chi connectivity index (χ4n) is 5.58. The molecule has 3 heterocycles. The summed E-state index contributed by atoms with van der Waals surface area (Å²) in [7, 11) is -4.00. The lowest BCUT2D eigenvalue weighted by Gasteiger charge is -2.41. The standard InChI is InChI=1S/C32H31Cl2F3N4O6S/c33-24-6-9-29(30(34)16-24)31(21-39-11-10-38-22-39)45-19-27(20-46-31)44-18-23-4-7-25(8-5-23)40-12-14-41(15-13-40)48(42,43)28-3-1-2-26(17-28)47-32(35,36)37/h1-11,16-17,22,27H,12-15,18-21H2/t27-,31-. The average molecular weight is 728 g/mol. The van der Waals surface area contributed by atoms with Crippen LogP contribution in [0.2, 0.25) is 10.0 Å². The molecule has 0 N–H and O–H groups in total. The molecule has 0 bridgehead atoms. The van der Waals surface area contributed by atoms with Gasteiger partial charge in [0.1, 0.15) is 11.9 Å². The van der Waals surface area contributed by atoms with Crippen LogP contribution in [0, 0.1) is 0 Å². The Morgan fingerprint density at radius 3 is 2.33 bits per heavy atom. The molecule has 0 aliphatic carbocycles. The molecule has 2 fully saturated rings. The monoisotopic (exact) mass is 726 g/mol. The molecule has 2 saturated heterocycles. The highest BCUT2D eigenvalue weighted by atomic mass is 35.5. The first kappa shape index (κ1) is 34.5. The Morgan fingerprint density at radius 2 is 1.69 bits per heavy atom. The molecule has 0 radical (unpaired) electrons. The van der Waals surface area contributed by atoms with Gasteiger partial charge in [0.25, 0.3) is 0 Å². The molecule has 0 amide bonds. The van der Waals surface area contributed by atoms with E-state index in [0.717, 1.165) is 23.4 Å². The molecule has 48 heavy (non-hydrogen) atoms. The summed E-state index contributed by atoms with van der Waals surface area (Å²) in [5.74, 6) is -1.74. The fourth-order valence-corrected chi connectivity index (χ4v) is 7.59. The molecule has 0 atom stereocenters. The Morgan fingerprint density at radius 1 is 0.958 bits per heavy atom. The van der Waals surface area contributed by atoms with Gasteiger partial charge in [0, 0.05) is 60.9 Å². The Labute approximate surface area is 285 Å². The third-order valence-electron chi connectivity index (χ3n) is 8.00. The van der Waals surface area contributed by atoms with Gasteiger partial charge in [-0.3, -0.25) is 0 Å². The fraction of sp³-hybridized carbons (Fsp3) is 0.344. The average Bonchev–Trinajstić information content (AvgIpc) is 3.57. The van der Waals surface area contributed by atoms with Gasteiger partial charge in [-0.25, -0.2) is 13.4 Å². The second-order valence-corrected chi connectivity index (χ2v) is 14.0. The zero-order valence-corrected chi connectivity index (χ0v) is 27.7. The summed E-state index contributed by atoms with van der Waals surface area (Å²) in [6, 6.07) is 17.3. The SMILES string of the molecule is O=S(=O)(c1cccc(OC(F)(F)F)c1)N1CCN(c2ccc(CO[C@H]3CO[C@](Cn4ccnc4)(c4ccc(Cl)cc4Cl)OC3)cc2)CC1. The van der Waals surface area contributed by atoms with Gasteiger partial charge in [-0.15, -0.1) is 13.2 Å². The number of imidazole rings is 1. The van der Waals surface area contributed by atoms with Gasteiger partial charge in [-0.1, -0.05) is 47.5 Å². The summed E-state index contributed by atoms with van der Waals surface area (Å²) in [4.78, 5) is 5.90. The molecule has 1 aromatic heterocycles. The van der Waals surface area contributed by atoms with Gasteiger partial charge in [0.05, 0.1) is 42.6 Å². The topological polar surface area (TPSA) is 95.4 Å². The van der Waals surface area contributed by atoms with Gasteiger partial charge in [-0.2, -0.15) is 4.31 Å². The van der Waals surface area contributed by atoms with Crippen LogP contribution in [0.1, 0.15) is 11.1 Å². The number of nitrogens with zero attached hydrogens (tertiary/aromatic N) is 4. The van der Waals surface area contributed by atoms with E-state index >= 15 is 0 Å². The van der Waals surface area contributed by atoms with Crippen molar-refractivity contribution in [3.63, 3.8) is 0 Å². The molecule has 0 unspecified atom stereocenters. The van der Waals surface area contributed by atoms with E-state index in [1.54, 1.807) is 30.7 Å². The molecule has 4 aromatic rings. The molecule has 10 nitrogen and oxygen atoms in total. The van der Waals surface area contributed by atoms with Crippen LogP contribution in [0.3, 0.4) is 0 Å². The number of hydrogen-bond donors (Lipinski definition) is 0. The normalized spacial score (nSPS) is 20.9. The highest BCUT2D eigenvalue weighted by molar-refractivity contribution is 7.89. The van der Waals surface area contributed by atoms with E-state index in [9.17, 15) is 21.6 Å². The van der Waals surface area contributed by atoms with E-state index in [1.165, 1.54) is 16.4 Å². The highest BCUT2D eigenvalue weighted by Crippen LogP contribution is 2.38. The smallest absolute Gasteiger partial charge is 0.406 e. The number of piperazine rings is 1. The summed E-state index contributed by atoms with van der Waals surface area (Å²) in [5.41, 5.74) is 2.49. The van der Waals surface area contributed by atoms with Crippen molar-refractivity contribution in [2.24, 2.45) is 0 Å². The Kier molecular flexibility index (Phi) is 10.2. The predicted octanol–water partition coefficient (Wildman–Crippen LogP) is 6.08. The molecular formula is C32H31Cl2F3N4O6S. The van der Waals surface area contributed by atoms with E-state index in [-0.39, 0.29) is 37.3 Å². The van der Waals surface area contributed by atoms with Crippen molar-refractivity contribution in [2.75, 3.05) is 44.3 Å². The van der Waals surface area contributed by atoms with Gasteiger partial charge in [-0.05, 0) is 42.0 Å². The Balaban J connectivity index is 1.01.